The molecule has 0 N–H and O–H groups in total. The average Bonchev–Trinajstić information content (AvgIpc) is 2.39. The molecule has 0 radical (unpaired) electrons. The van der Waals surface area contributed by atoms with Crippen molar-refractivity contribution < 1.29 is 4.79 Å². The second-order valence-electron chi connectivity index (χ2n) is 4.32. The molecule has 2 aromatic rings. The highest BCUT2D eigenvalue weighted by atomic mass is 16.1. The van der Waals surface area contributed by atoms with E-state index in [9.17, 15) is 4.79 Å². The molecule has 0 atom stereocenters. The van der Waals surface area contributed by atoms with Gasteiger partial charge in [-0.2, -0.15) is 0 Å². The van der Waals surface area contributed by atoms with E-state index in [4.69, 9.17) is 0 Å². The summed E-state index contributed by atoms with van der Waals surface area (Å²) >= 11 is 0. The molecule has 0 saturated heterocycles. The zero-order valence-electron chi connectivity index (χ0n) is 10.1. The first-order chi connectivity index (χ1) is 8.18. The predicted molar refractivity (Wildman–Crippen MR) is 68.2 cm³/mol. The molecule has 0 aliphatic heterocycles. The smallest absolute Gasteiger partial charge is 0.211 e. The highest BCUT2D eigenvalue weighted by Crippen LogP contribution is 2.16. The fourth-order valence-electron chi connectivity index (χ4n) is 1.67. The monoisotopic (exact) mass is 225 g/mol. The van der Waals surface area contributed by atoms with Gasteiger partial charge in [-0.25, -0.2) is 0 Å². The number of aromatic nitrogens is 1. The fourth-order valence-corrected chi connectivity index (χ4v) is 1.67. The van der Waals surface area contributed by atoms with Crippen molar-refractivity contribution in [3.8, 4) is 0 Å². The van der Waals surface area contributed by atoms with E-state index in [0.29, 0.717) is 17.2 Å². The molecule has 2 rings (SSSR count). The van der Waals surface area contributed by atoms with Gasteiger partial charge >= 0.3 is 0 Å². The molecule has 1 aromatic heterocycles. The van der Waals surface area contributed by atoms with Crippen LogP contribution in [0.1, 0.15) is 41.4 Å². The number of hydrogen-bond donors (Lipinski definition) is 0. The summed E-state index contributed by atoms with van der Waals surface area (Å²) < 4.78 is 0. The van der Waals surface area contributed by atoms with E-state index in [1.54, 1.807) is 6.20 Å². The summed E-state index contributed by atoms with van der Waals surface area (Å²) in [6, 6.07) is 13.1. The highest BCUT2D eigenvalue weighted by Gasteiger charge is 2.11. The first-order valence-electron chi connectivity index (χ1n) is 5.74. The molecule has 1 heterocycles. The van der Waals surface area contributed by atoms with Gasteiger partial charge in [-0.15, -0.1) is 0 Å². The molecule has 0 saturated carbocycles. The van der Waals surface area contributed by atoms with Crippen LogP contribution < -0.4 is 0 Å². The Morgan fingerprint density at radius 3 is 2.47 bits per heavy atom. The summed E-state index contributed by atoms with van der Waals surface area (Å²) in [6.45, 7) is 4.21. The molecule has 0 unspecified atom stereocenters. The lowest BCUT2D eigenvalue weighted by Gasteiger charge is -2.06. The molecular weight excluding hydrogens is 210 g/mol. The van der Waals surface area contributed by atoms with Gasteiger partial charge in [-0.05, 0) is 23.6 Å². The maximum absolute atomic E-state index is 12.2. The van der Waals surface area contributed by atoms with Crippen LogP contribution in [0.25, 0.3) is 0 Å². The van der Waals surface area contributed by atoms with E-state index < -0.39 is 0 Å². The summed E-state index contributed by atoms with van der Waals surface area (Å²) in [6.07, 6.45) is 1.70. The molecule has 0 bridgehead atoms. The lowest BCUT2D eigenvalue weighted by molar-refractivity contribution is 0.103. The zero-order valence-corrected chi connectivity index (χ0v) is 10.1. The maximum Gasteiger partial charge on any atom is 0.211 e. The molecular formula is C15H15NO. The van der Waals surface area contributed by atoms with E-state index >= 15 is 0 Å². The lowest BCUT2D eigenvalue weighted by atomic mass is 10.0. The van der Waals surface area contributed by atoms with Gasteiger partial charge in [-0.3, -0.25) is 9.78 Å². The number of rotatable bonds is 3. The standard InChI is InChI=1S/C15H15NO/c1-11(2)13-8-9-16-14(10-13)15(17)12-6-4-3-5-7-12/h3-11H,1-2H3. The number of benzene rings is 1. The van der Waals surface area contributed by atoms with E-state index in [-0.39, 0.29) is 5.78 Å². The zero-order chi connectivity index (χ0) is 12.3. The first-order valence-corrected chi connectivity index (χ1v) is 5.74. The Morgan fingerprint density at radius 2 is 1.82 bits per heavy atom. The number of ketones is 1. The van der Waals surface area contributed by atoms with Crippen molar-refractivity contribution >= 4 is 5.78 Å². The summed E-state index contributed by atoms with van der Waals surface area (Å²) in [5.41, 5.74) is 2.34. The van der Waals surface area contributed by atoms with Crippen molar-refractivity contribution in [2.75, 3.05) is 0 Å². The molecule has 17 heavy (non-hydrogen) atoms. The van der Waals surface area contributed by atoms with E-state index in [0.717, 1.165) is 5.56 Å². The van der Waals surface area contributed by atoms with Gasteiger partial charge in [0.2, 0.25) is 5.78 Å². The van der Waals surface area contributed by atoms with Crippen LogP contribution in [-0.4, -0.2) is 10.8 Å². The molecule has 0 aliphatic rings. The van der Waals surface area contributed by atoms with Crippen LogP contribution >= 0.6 is 0 Å². The number of carbonyl (C=O) groups excluding carboxylic acids is 1. The van der Waals surface area contributed by atoms with Crippen LogP contribution in [0.2, 0.25) is 0 Å². The van der Waals surface area contributed by atoms with Gasteiger partial charge in [-0.1, -0.05) is 44.2 Å². The topological polar surface area (TPSA) is 30.0 Å². The molecule has 1 aromatic carbocycles. The molecule has 0 amide bonds. The van der Waals surface area contributed by atoms with Crippen molar-refractivity contribution in [1.29, 1.82) is 0 Å². The van der Waals surface area contributed by atoms with E-state index in [2.05, 4.69) is 18.8 Å². The van der Waals surface area contributed by atoms with E-state index in [1.807, 2.05) is 42.5 Å². The maximum atomic E-state index is 12.2. The highest BCUT2D eigenvalue weighted by molar-refractivity contribution is 6.07. The summed E-state index contributed by atoms with van der Waals surface area (Å²) in [4.78, 5) is 16.3. The van der Waals surface area contributed by atoms with Crippen molar-refractivity contribution in [2.24, 2.45) is 0 Å². The summed E-state index contributed by atoms with van der Waals surface area (Å²) in [5.74, 6) is 0.383. The SMILES string of the molecule is CC(C)c1ccnc(C(=O)c2ccccc2)c1. The quantitative estimate of drug-likeness (QED) is 0.749. The Balaban J connectivity index is 2.35. The Kier molecular flexibility index (Phi) is 3.33. The van der Waals surface area contributed by atoms with Gasteiger partial charge in [0.05, 0.1) is 0 Å². The number of carbonyl (C=O) groups is 1. The third-order valence-electron chi connectivity index (χ3n) is 2.72. The Bertz CT molecular complexity index is 517. The van der Waals surface area contributed by atoms with Crippen LogP contribution in [0.4, 0.5) is 0 Å². The lowest BCUT2D eigenvalue weighted by Crippen LogP contribution is -2.04. The number of nitrogens with zero attached hydrogens (tertiary/aromatic N) is 1. The van der Waals surface area contributed by atoms with Crippen LogP contribution in [0.15, 0.2) is 48.7 Å². The second-order valence-corrected chi connectivity index (χ2v) is 4.32. The van der Waals surface area contributed by atoms with Crippen LogP contribution in [0, 0.1) is 0 Å². The van der Waals surface area contributed by atoms with Crippen LogP contribution in [-0.2, 0) is 0 Å². The normalized spacial score (nSPS) is 10.5. The minimum absolute atomic E-state index is 0.0203. The van der Waals surface area contributed by atoms with E-state index in [1.165, 1.54) is 0 Å². The van der Waals surface area contributed by atoms with Gasteiger partial charge in [0.15, 0.2) is 0 Å². The fraction of sp³-hybridized carbons (Fsp3) is 0.200. The van der Waals surface area contributed by atoms with Crippen molar-refractivity contribution in [2.45, 2.75) is 19.8 Å². The summed E-state index contributed by atoms with van der Waals surface area (Å²) in [7, 11) is 0. The van der Waals surface area contributed by atoms with Crippen molar-refractivity contribution in [3.63, 3.8) is 0 Å². The van der Waals surface area contributed by atoms with Crippen molar-refractivity contribution in [1.82, 2.24) is 4.98 Å². The van der Waals surface area contributed by atoms with Gasteiger partial charge in [0.1, 0.15) is 5.69 Å². The summed E-state index contributed by atoms with van der Waals surface area (Å²) in [5, 5.41) is 0. The molecule has 2 nitrogen and oxygen atoms in total. The molecule has 0 spiro atoms. The minimum Gasteiger partial charge on any atom is -0.287 e. The Hall–Kier alpha value is -1.96. The largest absolute Gasteiger partial charge is 0.287 e. The minimum atomic E-state index is -0.0203. The Labute approximate surface area is 101 Å². The van der Waals surface area contributed by atoms with Gasteiger partial charge < -0.3 is 0 Å². The van der Waals surface area contributed by atoms with Crippen LogP contribution in [0.3, 0.4) is 0 Å². The number of pyridine rings is 1. The van der Waals surface area contributed by atoms with Gasteiger partial charge in [0, 0.05) is 11.8 Å². The first kappa shape index (κ1) is 11.5. The van der Waals surface area contributed by atoms with Gasteiger partial charge in [0.25, 0.3) is 0 Å². The molecule has 0 fully saturated rings. The second kappa shape index (κ2) is 4.91. The van der Waals surface area contributed by atoms with Crippen molar-refractivity contribution in [3.05, 3.63) is 65.5 Å². The predicted octanol–water partition coefficient (Wildman–Crippen LogP) is 3.44. The van der Waals surface area contributed by atoms with Crippen LogP contribution in [0.5, 0.6) is 0 Å². The average molecular weight is 225 g/mol. The number of hydrogen-bond acceptors (Lipinski definition) is 2. The molecule has 0 aliphatic carbocycles. The third-order valence-corrected chi connectivity index (χ3v) is 2.72. The Morgan fingerprint density at radius 1 is 1.12 bits per heavy atom. The molecule has 86 valence electrons. The third kappa shape index (κ3) is 2.59. The molecule has 2 heteroatoms.